The highest BCUT2D eigenvalue weighted by Gasteiger charge is 2.24. The van der Waals surface area contributed by atoms with Crippen molar-refractivity contribution in [3.05, 3.63) is 40.9 Å². The quantitative estimate of drug-likeness (QED) is 0.637. The van der Waals surface area contributed by atoms with E-state index in [0.29, 0.717) is 28.2 Å². The third-order valence-corrected chi connectivity index (χ3v) is 5.42. The Bertz CT molecular complexity index is 906. The van der Waals surface area contributed by atoms with Gasteiger partial charge in [0.25, 0.3) is 5.91 Å². The van der Waals surface area contributed by atoms with Crippen molar-refractivity contribution in [3.63, 3.8) is 0 Å². The first-order valence-corrected chi connectivity index (χ1v) is 10.7. The van der Waals surface area contributed by atoms with Gasteiger partial charge in [0.2, 0.25) is 11.8 Å². The van der Waals surface area contributed by atoms with Gasteiger partial charge in [-0.1, -0.05) is 0 Å². The van der Waals surface area contributed by atoms with E-state index in [1.165, 1.54) is 16.2 Å². The number of nitrogens with zero attached hydrogens (tertiary/aromatic N) is 2. The Balaban J connectivity index is 1.57. The zero-order chi connectivity index (χ0) is 21.7. The number of amides is 3. The van der Waals surface area contributed by atoms with E-state index in [1.807, 2.05) is 13.8 Å². The molecule has 0 atom stereocenters. The molecular formula is C21H26N4O4S. The second-order valence-electron chi connectivity index (χ2n) is 7.47. The van der Waals surface area contributed by atoms with Crippen LogP contribution in [-0.4, -0.2) is 53.3 Å². The molecule has 9 heteroatoms. The van der Waals surface area contributed by atoms with Crippen LogP contribution in [-0.2, 0) is 16.0 Å². The highest BCUT2D eigenvalue weighted by Crippen LogP contribution is 2.20. The van der Waals surface area contributed by atoms with Crippen LogP contribution in [0.15, 0.2) is 29.6 Å². The standard InChI is InChI=1S/C21H26N4O4S/c1-13(2)25(20(28)14-4-8-17(29-3)9-5-14)11-19(27)24-21-23-16(12-30-21)10-18(26)22-15-6-7-15/h4-5,8-9,12-13,15H,6-7,10-11H2,1-3H3,(H,22,26)(H,23,24,27). The molecule has 0 bridgehead atoms. The number of aromatic nitrogens is 1. The molecule has 3 amide bonds. The van der Waals surface area contributed by atoms with Crippen molar-refractivity contribution in [2.24, 2.45) is 0 Å². The smallest absolute Gasteiger partial charge is 0.254 e. The number of rotatable bonds is 9. The fourth-order valence-corrected chi connectivity index (χ4v) is 3.54. The van der Waals surface area contributed by atoms with E-state index in [9.17, 15) is 14.4 Å². The van der Waals surface area contributed by atoms with Gasteiger partial charge in [0.15, 0.2) is 5.13 Å². The molecule has 2 N–H and O–H groups in total. The summed E-state index contributed by atoms with van der Waals surface area (Å²) >= 11 is 1.26. The molecule has 0 unspecified atom stereocenters. The maximum Gasteiger partial charge on any atom is 0.254 e. The number of methoxy groups -OCH3 is 1. The molecule has 0 aliphatic heterocycles. The molecule has 0 saturated heterocycles. The lowest BCUT2D eigenvalue weighted by atomic mass is 10.1. The van der Waals surface area contributed by atoms with Gasteiger partial charge in [-0.3, -0.25) is 14.4 Å². The summed E-state index contributed by atoms with van der Waals surface area (Å²) in [6, 6.07) is 6.91. The summed E-state index contributed by atoms with van der Waals surface area (Å²) in [5.41, 5.74) is 1.10. The number of carbonyl (C=O) groups is 3. The summed E-state index contributed by atoms with van der Waals surface area (Å²) in [5.74, 6) is 0.0239. The van der Waals surface area contributed by atoms with Gasteiger partial charge in [0.1, 0.15) is 12.3 Å². The number of thiazole rings is 1. The predicted molar refractivity (Wildman–Crippen MR) is 115 cm³/mol. The molecule has 30 heavy (non-hydrogen) atoms. The third kappa shape index (κ3) is 6.03. The average Bonchev–Trinajstić information content (AvgIpc) is 3.42. The van der Waals surface area contributed by atoms with Crippen molar-refractivity contribution in [1.29, 1.82) is 0 Å². The molecule has 2 aromatic rings. The molecule has 1 aliphatic carbocycles. The van der Waals surface area contributed by atoms with E-state index < -0.39 is 0 Å². The molecule has 3 rings (SSSR count). The van der Waals surface area contributed by atoms with E-state index in [-0.39, 0.29) is 36.7 Å². The summed E-state index contributed by atoms with van der Waals surface area (Å²) in [4.78, 5) is 43.0. The van der Waals surface area contributed by atoms with E-state index in [4.69, 9.17) is 4.74 Å². The van der Waals surface area contributed by atoms with Gasteiger partial charge in [0.05, 0.1) is 19.2 Å². The number of benzene rings is 1. The number of anilines is 1. The van der Waals surface area contributed by atoms with E-state index in [2.05, 4.69) is 15.6 Å². The number of nitrogens with one attached hydrogen (secondary N) is 2. The molecule has 1 saturated carbocycles. The second-order valence-corrected chi connectivity index (χ2v) is 8.32. The molecule has 1 aliphatic rings. The van der Waals surface area contributed by atoms with Crippen LogP contribution in [0.1, 0.15) is 42.7 Å². The molecule has 1 aromatic heterocycles. The van der Waals surface area contributed by atoms with Crippen LogP contribution in [0.4, 0.5) is 5.13 Å². The molecule has 160 valence electrons. The topological polar surface area (TPSA) is 101 Å². The Hall–Kier alpha value is -2.94. The third-order valence-electron chi connectivity index (χ3n) is 4.62. The van der Waals surface area contributed by atoms with Gasteiger partial charge >= 0.3 is 0 Å². The highest BCUT2D eigenvalue weighted by molar-refractivity contribution is 7.13. The van der Waals surface area contributed by atoms with Crippen LogP contribution in [0.3, 0.4) is 0 Å². The molecule has 1 fully saturated rings. The molecular weight excluding hydrogens is 404 g/mol. The van der Waals surface area contributed by atoms with E-state index in [0.717, 1.165) is 12.8 Å². The van der Waals surface area contributed by atoms with Crippen LogP contribution in [0.25, 0.3) is 0 Å². The minimum absolute atomic E-state index is 0.0586. The summed E-state index contributed by atoms with van der Waals surface area (Å²) < 4.78 is 5.12. The number of ether oxygens (including phenoxy) is 1. The second kappa shape index (κ2) is 9.71. The Kier molecular flexibility index (Phi) is 7.04. The van der Waals surface area contributed by atoms with Crippen molar-refractivity contribution in [1.82, 2.24) is 15.2 Å². The van der Waals surface area contributed by atoms with E-state index >= 15 is 0 Å². The first kappa shape index (κ1) is 21.8. The molecule has 0 spiro atoms. The van der Waals surface area contributed by atoms with E-state index in [1.54, 1.807) is 36.8 Å². The Morgan fingerprint density at radius 1 is 1.20 bits per heavy atom. The average molecular weight is 431 g/mol. The van der Waals surface area contributed by atoms with Crippen molar-refractivity contribution in [2.45, 2.75) is 45.2 Å². The van der Waals surface area contributed by atoms with Crippen LogP contribution in [0.5, 0.6) is 5.75 Å². The Labute approximate surface area is 179 Å². The zero-order valence-electron chi connectivity index (χ0n) is 17.3. The van der Waals surface area contributed by atoms with Gasteiger partial charge < -0.3 is 20.3 Å². The van der Waals surface area contributed by atoms with Crippen LogP contribution in [0, 0.1) is 0 Å². The van der Waals surface area contributed by atoms with Gasteiger partial charge in [0, 0.05) is 23.0 Å². The minimum Gasteiger partial charge on any atom is -0.497 e. The fourth-order valence-electron chi connectivity index (χ4n) is 2.82. The lowest BCUT2D eigenvalue weighted by Gasteiger charge is -2.26. The van der Waals surface area contributed by atoms with Crippen LogP contribution >= 0.6 is 11.3 Å². The van der Waals surface area contributed by atoms with Crippen molar-refractivity contribution >= 4 is 34.2 Å². The lowest BCUT2D eigenvalue weighted by Crippen LogP contribution is -2.42. The fraction of sp³-hybridized carbons (Fsp3) is 0.429. The summed E-state index contributed by atoms with van der Waals surface area (Å²) in [6.45, 7) is 3.61. The van der Waals surface area contributed by atoms with Gasteiger partial charge in [-0.2, -0.15) is 0 Å². The van der Waals surface area contributed by atoms with Gasteiger partial charge in [-0.25, -0.2) is 4.98 Å². The van der Waals surface area contributed by atoms with Gasteiger partial charge in [-0.15, -0.1) is 11.3 Å². The number of carbonyl (C=O) groups excluding carboxylic acids is 3. The molecule has 8 nitrogen and oxygen atoms in total. The van der Waals surface area contributed by atoms with Crippen molar-refractivity contribution < 1.29 is 19.1 Å². The minimum atomic E-state index is -0.339. The van der Waals surface area contributed by atoms with Crippen LogP contribution < -0.4 is 15.4 Å². The van der Waals surface area contributed by atoms with Crippen molar-refractivity contribution in [2.75, 3.05) is 19.0 Å². The molecule has 1 aromatic carbocycles. The summed E-state index contributed by atoms with van der Waals surface area (Å²) in [6.07, 6.45) is 2.26. The SMILES string of the molecule is COc1ccc(C(=O)N(CC(=O)Nc2nc(CC(=O)NC3CC3)cs2)C(C)C)cc1. The van der Waals surface area contributed by atoms with Crippen LogP contribution in [0.2, 0.25) is 0 Å². The highest BCUT2D eigenvalue weighted by atomic mass is 32.1. The number of hydrogen-bond acceptors (Lipinski definition) is 6. The maximum absolute atomic E-state index is 12.8. The Morgan fingerprint density at radius 3 is 2.50 bits per heavy atom. The van der Waals surface area contributed by atoms with Crippen molar-refractivity contribution in [3.8, 4) is 5.75 Å². The monoisotopic (exact) mass is 430 g/mol. The summed E-state index contributed by atoms with van der Waals surface area (Å²) in [7, 11) is 1.56. The molecule has 0 radical (unpaired) electrons. The first-order chi connectivity index (χ1) is 14.4. The number of hydrogen-bond donors (Lipinski definition) is 2. The van der Waals surface area contributed by atoms with Gasteiger partial charge in [-0.05, 0) is 51.0 Å². The zero-order valence-corrected chi connectivity index (χ0v) is 18.1. The normalized spacial score (nSPS) is 13.1. The largest absolute Gasteiger partial charge is 0.497 e. The predicted octanol–water partition coefficient (Wildman–Crippen LogP) is 2.46. The maximum atomic E-state index is 12.8. The Morgan fingerprint density at radius 2 is 1.90 bits per heavy atom. The summed E-state index contributed by atoms with van der Waals surface area (Å²) in [5, 5.41) is 7.80. The lowest BCUT2D eigenvalue weighted by molar-refractivity contribution is -0.120. The molecule has 1 heterocycles. The first-order valence-electron chi connectivity index (χ1n) is 9.84.